The predicted molar refractivity (Wildman–Crippen MR) is 163 cm³/mol. The minimum absolute atomic E-state index is 0.240. The van der Waals surface area contributed by atoms with Crippen molar-refractivity contribution in [1.82, 2.24) is 0 Å². The van der Waals surface area contributed by atoms with Gasteiger partial charge in [-0.1, -0.05) is 36.4 Å². The molecule has 0 amide bonds. The Morgan fingerprint density at radius 3 is 2.00 bits per heavy atom. The first kappa shape index (κ1) is 31.4. The summed E-state index contributed by atoms with van der Waals surface area (Å²) in [7, 11) is -6.45. The third-order valence-corrected chi connectivity index (χ3v) is 6.72. The van der Waals surface area contributed by atoms with Crippen molar-refractivity contribution < 1.29 is 35.4 Å². The highest BCUT2D eigenvalue weighted by Gasteiger charge is 2.22. The first-order valence-electron chi connectivity index (χ1n) is 12.5. The van der Waals surface area contributed by atoms with Crippen LogP contribution in [0.3, 0.4) is 0 Å². The SMILES string of the molecule is COc1cc(N=Nc2ccccc2)ccc1N=Nc1c(S(=O)(=O)O)cc2cc(Nc3ccccc3)ccc2c1O.O=S(=O)=O. The number of benzene rings is 5. The second-order valence-electron chi connectivity index (χ2n) is 8.77. The number of aromatic hydroxyl groups is 1. The van der Waals surface area contributed by atoms with E-state index in [2.05, 4.69) is 25.8 Å². The number of nitrogens with one attached hydrogen (secondary N) is 1. The molecular formula is C29H23N5O8S2. The molecule has 44 heavy (non-hydrogen) atoms. The van der Waals surface area contributed by atoms with Crippen molar-refractivity contribution in [3.8, 4) is 11.5 Å². The molecule has 0 heterocycles. The highest BCUT2D eigenvalue weighted by atomic mass is 32.2. The van der Waals surface area contributed by atoms with Gasteiger partial charge in [-0.05, 0) is 66.0 Å². The fourth-order valence-electron chi connectivity index (χ4n) is 3.94. The van der Waals surface area contributed by atoms with Crippen LogP contribution in [0.5, 0.6) is 11.5 Å². The van der Waals surface area contributed by atoms with Crippen LogP contribution in [0.15, 0.2) is 128 Å². The maximum atomic E-state index is 12.3. The number of hydrogen-bond acceptors (Lipinski definition) is 12. The molecule has 0 fully saturated rings. The van der Waals surface area contributed by atoms with E-state index >= 15 is 0 Å². The standard InChI is InChI=1S/C29H23N5O5S.O3S/c1-39-26-18-23(32-31-21-10-6-3-7-11-21)13-15-25(26)33-34-28-27(40(36,37)38)17-19-16-22(12-14-24(19)29(28)35)30-20-8-4-2-5-9-20;1-4(2)3/h2-18,30,35H,1H3,(H,36,37,38);. The number of hydrogen-bond donors (Lipinski definition) is 3. The molecule has 0 aromatic heterocycles. The first-order chi connectivity index (χ1) is 21.0. The summed E-state index contributed by atoms with van der Waals surface area (Å²) >= 11 is 0. The number of para-hydroxylation sites is 1. The van der Waals surface area contributed by atoms with Gasteiger partial charge in [-0.25, -0.2) is 0 Å². The minimum Gasteiger partial charge on any atom is -0.505 e. The summed E-state index contributed by atoms with van der Waals surface area (Å²) in [4.78, 5) is -0.592. The lowest BCUT2D eigenvalue weighted by Crippen LogP contribution is -1.99. The lowest BCUT2D eigenvalue weighted by atomic mass is 10.1. The van der Waals surface area contributed by atoms with Crippen molar-refractivity contribution >= 4 is 65.6 Å². The number of rotatable bonds is 8. The maximum Gasteiger partial charge on any atom is 0.425 e. The van der Waals surface area contributed by atoms with Crippen LogP contribution in [0.1, 0.15) is 0 Å². The minimum atomic E-state index is -4.77. The van der Waals surface area contributed by atoms with E-state index in [4.69, 9.17) is 17.4 Å². The van der Waals surface area contributed by atoms with Gasteiger partial charge >= 0.3 is 10.6 Å². The fourth-order valence-corrected chi connectivity index (χ4v) is 4.59. The van der Waals surface area contributed by atoms with Gasteiger partial charge in [-0.2, -0.15) is 18.6 Å². The molecule has 3 N–H and O–H groups in total. The molecule has 0 radical (unpaired) electrons. The van der Waals surface area contributed by atoms with Gasteiger partial charge in [0.05, 0.1) is 18.5 Å². The van der Waals surface area contributed by atoms with Crippen molar-refractivity contribution in [1.29, 1.82) is 0 Å². The van der Waals surface area contributed by atoms with E-state index in [0.29, 0.717) is 33.6 Å². The Bertz CT molecular complexity index is 2070. The normalized spacial score (nSPS) is 11.3. The van der Waals surface area contributed by atoms with E-state index in [1.807, 2.05) is 60.7 Å². The summed E-state index contributed by atoms with van der Waals surface area (Å²) < 4.78 is 65.2. The van der Waals surface area contributed by atoms with Crippen molar-refractivity contribution in [2.45, 2.75) is 4.90 Å². The molecule has 5 rings (SSSR count). The van der Waals surface area contributed by atoms with Gasteiger partial charge in [0.15, 0.2) is 5.75 Å². The lowest BCUT2D eigenvalue weighted by molar-refractivity contribution is 0.416. The second kappa shape index (κ2) is 14.1. The third kappa shape index (κ3) is 8.28. The summed E-state index contributed by atoms with van der Waals surface area (Å²) in [5, 5.41) is 31.4. The number of phenolic OH excluding ortho intramolecular Hbond substituents is 1. The largest absolute Gasteiger partial charge is 0.505 e. The Morgan fingerprint density at radius 2 is 1.36 bits per heavy atom. The van der Waals surface area contributed by atoms with E-state index in [-0.39, 0.29) is 5.69 Å². The molecule has 0 spiro atoms. The molecule has 224 valence electrons. The van der Waals surface area contributed by atoms with Gasteiger partial charge in [0.2, 0.25) is 0 Å². The molecular weight excluding hydrogens is 610 g/mol. The van der Waals surface area contributed by atoms with Crippen molar-refractivity contribution in [3.63, 3.8) is 0 Å². The Kier molecular flexibility index (Phi) is 10.1. The topological polar surface area (TPSA) is 197 Å². The molecule has 0 aliphatic heterocycles. The molecule has 0 saturated carbocycles. The maximum absolute atomic E-state index is 12.3. The van der Waals surface area contributed by atoms with Crippen molar-refractivity contribution in [2.24, 2.45) is 20.5 Å². The van der Waals surface area contributed by atoms with Crippen LogP contribution in [0.4, 0.5) is 34.1 Å². The predicted octanol–water partition coefficient (Wildman–Crippen LogP) is 7.37. The zero-order chi connectivity index (χ0) is 31.7. The monoisotopic (exact) mass is 633 g/mol. The number of azo groups is 2. The van der Waals surface area contributed by atoms with E-state index in [1.54, 1.807) is 36.4 Å². The summed E-state index contributed by atoms with van der Waals surface area (Å²) in [5.74, 6) is -0.161. The molecule has 13 nitrogen and oxygen atoms in total. The van der Waals surface area contributed by atoms with E-state index in [9.17, 15) is 18.1 Å². The molecule has 5 aromatic rings. The fraction of sp³-hybridized carbons (Fsp3) is 0.0345. The van der Waals surface area contributed by atoms with Crippen LogP contribution in [0.25, 0.3) is 10.8 Å². The van der Waals surface area contributed by atoms with Crippen LogP contribution >= 0.6 is 0 Å². The van der Waals surface area contributed by atoms with Gasteiger partial charge in [0, 0.05) is 22.8 Å². The van der Waals surface area contributed by atoms with Gasteiger partial charge in [-0.15, -0.1) is 22.9 Å². The zero-order valence-electron chi connectivity index (χ0n) is 22.8. The summed E-state index contributed by atoms with van der Waals surface area (Å²) in [6.45, 7) is 0. The first-order valence-corrected chi connectivity index (χ1v) is 14.9. The Hall–Kier alpha value is -5.51. The number of fused-ring (bicyclic) bond motifs is 1. The van der Waals surface area contributed by atoms with Crippen LogP contribution < -0.4 is 10.1 Å². The second-order valence-corrected chi connectivity index (χ2v) is 10.6. The highest BCUT2D eigenvalue weighted by Crippen LogP contribution is 2.43. The van der Waals surface area contributed by atoms with E-state index in [0.717, 1.165) is 5.69 Å². The van der Waals surface area contributed by atoms with Crippen LogP contribution in [0, 0.1) is 0 Å². The van der Waals surface area contributed by atoms with Gasteiger partial charge in [0.25, 0.3) is 10.1 Å². The number of methoxy groups -OCH3 is 1. The average Bonchev–Trinajstić information content (AvgIpc) is 3.00. The van der Waals surface area contributed by atoms with Crippen LogP contribution in [-0.2, 0) is 20.7 Å². The van der Waals surface area contributed by atoms with Crippen molar-refractivity contribution in [2.75, 3.05) is 12.4 Å². The average molecular weight is 634 g/mol. The van der Waals surface area contributed by atoms with E-state index in [1.165, 1.54) is 13.2 Å². The molecule has 0 atom stereocenters. The molecule has 0 unspecified atom stereocenters. The van der Waals surface area contributed by atoms with Crippen LogP contribution in [-0.4, -0.2) is 37.8 Å². The lowest BCUT2D eigenvalue weighted by Gasteiger charge is -2.12. The Balaban J connectivity index is 0.00000104. The number of ether oxygens (including phenoxy) is 1. The molecule has 0 bridgehead atoms. The number of phenols is 1. The van der Waals surface area contributed by atoms with Gasteiger partial charge < -0.3 is 15.2 Å². The van der Waals surface area contributed by atoms with Crippen molar-refractivity contribution in [3.05, 3.63) is 103 Å². The van der Waals surface area contributed by atoms with Gasteiger partial charge in [0.1, 0.15) is 22.0 Å². The quantitative estimate of drug-likeness (QED) is 0.115. The third-order valence-electron chi connectivity index (χ3n) is 5.85. The Labute approximate surface area is 253 Å². The molecule has 5 aromatic carbocycles. The molecule has 0 aliphatic rings. The van der Waals surface area contributed by atoms with Crippen LogP contribution in [0.2, 0.25) is 0 Å². The molecule has 0 saturated heterocycles. The molecule has 0 aliphatic carbocycles. The summed E-state index contributed by atoms with van der Waals surface area (Å²) in [5.41, 5.74) is 2.48. The van der Waals surface area contributed by atoms with E-state index < -0.39 is 37.1 Å². The summed E-state index contributed by atoms with van der Waals surface area (Å²) in [6.07, 6.45) is 0. The number of nitrogens with zero attached hydrogens (tertiary/aromatic N) is 4. The summed E-state index contributed by atoms with van der Waals surface area (Å²) in [6, 6.07) is 29.6. The smallest absolute Gasteiger partial charge is 0.425 e. The number of anilines is 2. The highest BCUT2D eigenvalue weighted by molar-refractivity contribution is 7.86. The zero-order valence-corrected chi connectivity index (χ0v) is 24.4. The molecule has 15 heteroatoms. The van der Waals surface area contributed by atoms with Gasteiger partial charge in [-0.3, -0.25) is 4.55 Å². The Morgan fingerprint density at radius 1 is 0.727 bits per heavy atom.